The first-order chi connectivity index (χ1) is 9.61. The lowest BCUT2D eigenvalue weighted by molar-refractivity contribution is 0.373. The molecule has 0 aromatic heterocycles. The Labute approximate surface area is 127 Å². The molecule has 3 nitrogen and oxygen atoms in total. The molecule has 2 rings (SSSR count). The van der Waals surface area contributed by atoms with Crippen molar-refractivity contribution in [2.75, 3.05) is 7.11 Å². The number of hydrogen-bond acceptors (Lipinski definition) is 3. The second-order valence-corrected chi connectivity index (χ2v) is 4.95. The molecule has 0 unspecified atom stereocenters. The van der Waals surface area contributed by atoms with Crippen LogP contribution in [0.2, 0.25) is 10.0 Å². The molecule has 2 aromatic rings. The van der Waals surface area contributed by atoms with E-state index in [0.717, 1.165) is 5.56 Å². The average molecular weight is 310 g/mol. The second kappa shape index (κ2) is 6.64. The molecule has 0 aliphatic heterocycles. The smallest absolute Gasteiger partial charge is 0.166 e. The third-order valence-electron chi connectivity index (χ3n) is 2.76. The molecule has 1 N–H and O–H groups in total. The largest absolute Gasteiger partial charge is 0.504 e. The Hall–Kier alpha value is -1.71. The van der Waals surface area contributed by atoms with Crippen LogP contribution >= 0.6 is 23.2 Å². The van der Waals surface area contributed by atoms with Crippen molar-refractivity contribution in [3.63, 3.8) is 0 Å². The van der Waals surface area contributed by atoms with E-state index in [1.165, 1.54) is 7.11 Å². The standard InChI is InChI=1S/C15H13Cl2NO2/c1-20-14-4-2-3-11(15(14)19)9-18-8-10-5-6-12(16)7-13(10)17/h2-7,9,19H,8H2,1H3. The highest BCUT2D eigenvalue weighted by Crippen LogP contribution is 2.28. The van der Waals surface area contributed by atoms with Crippen LogP contribution < -0.4 is 4.74 Å². The molecule has 0 saturated carbocycles. The molecule has 0 radical (unpaired) electrons. The van der Waals surface area contributed by atoms with Gasteiger partial charge < -0.3 is 9.84 Å². The highest BCUT2D eigenvalue weighted by atomic mass is 35.5. The molecule has 104 valence electrons. The number of benzene rings is 2. The van der Waals surface area contributed by atoms with E-state index in [-0.39, 0.29) is 5.75 Å². The van der Waals surface area contributed by atoms with E-state index in [2.05, 4.69) is 4.99 Å². The first kappa shape index (κ1) is 14.7. The Bertz CT molecular complexity index is 642. The number of hydrogen-bond donors (Lipinski definition) is 1. The van der Waals surface area contributed by atoms with E-state index in [0.29, 0.717) is 27.9 Å². The van der Waals surface area contributed by atoms with Crippen molar-refractivity contribution in [1.82, 2.24) is 0 Å². The number of para-hydroxylation sites is 1. The predicted molar refractivity (Wildman–Crippen MR) is 82.4 cm³/mol. The summed E-state index contributed by atoms with van der Waals surface area (Å²) in [5.41, 5.74) is 1.46. The van der Waals surface area contributed by atoms with Crippen molar-refractivity contribution in [1.29, 1.82) is 0 Å². The fraction of sp³-hybridized carbons (Fsp3) is 0.133. The van der Waals surface area contributed by atoms with Crippen molar-refractivity contribution in [2.45, 2.75) is 6.54 Å². The number of rotatable bonds is 4. The van der Waals surface area contributed by atoms with Crippen LogP contribution in [0.4, 0.5) is 0 Å². The van der Waals surface area contributed by atoms with E-state index in [1.807, 2.05) is 6.07 Å². The highest BCUT2D eigenvalue weighted by Gasteiger charge is 2.05. The Balaban J connectivity index is 2.14. The Morgan fingerprint density at radius 2 is 2.05 bits per heavy atom. The van der Waals surface area contributed by atoms with Gasteiger partial charge in [0.1, 0.15) is 0 Å². The molecule has 20 heavy (non-hydrogen) atoms. The molecule has 0 amide bonds. The van der Waals surface area contributed by atoms with Crippen molar-refractivity contribution in [2.24, 2.45) is 4.99 Å². The van der Waals surface area contributed by atoms with E-state index in [4.69, 9.17) is 27.9 Å². The first-order valence-corrected chi connectivity index (χ1v) is 6.67. The lowest BCUT2D eigenvalue weighted by atomic mass is 10.2. The Morgan fingerprint density at radius 1 is 1.25 bits per heavy atom. The molecular formula is C15H13Cl2NO2. The van der Waals surface area contributed by atoms with E-state index in [9.17, 15) is 5.11 Å². The maximum atomic E-state index is 9.92. The summed E-state index contributed by atoms with van der Waals surface area (Å²) in [6.07, 6.45) is 1.59. The van der Waals surface area contributed by atoms with Gasteiger partial charge in [0.05, 0.1) is 13.7 Å². The molecule has 0 heterocycles. The van der Waals surface area contributed by atoms with Gasteiger partial charge in [-0.05, 0) is 29.8 Å². The maximum Gasteiger partial charge on any atom is 0.166 e. The van der Waals surface area contributed by atoms with Crippen molar-refractivity contribution >= 4 is 29.4 Å². The van der Waals surface area contributed by atoms with Crippen LogP contribution in [-0.4, -0.2) is 18.4 Å². The van der Waals surface area contributed by atoms with E-state index >= 15 is 0 Å². The van der Waals surface area contributed by atoms with Crippen LogP contribution in [0.5, 0.6) is 11.5 Å². The number of phenols is 1. The minimum atomic E-state index is 0.0703. The van der Waals surface area contributed by atoms with Crippen LogP contribution in [0.25, 0.3) is 0 Å². The normalized spacial score (nSPS) is 10.9. The zero-order valence-electron chi connectivity index (χ0n) is 10.8. The summed E-state index contributed by atoms with van der Waals surface area (Å²) in [5, 5.41) is 11.1. The Kier molecular flexibility index (Phi) is 4.88. The number of halogens is 2. The van der Waals surface area contributed by atoms with Gasteiger partial charge in [-0.1, -0.05) is 35.3 Å². The van der Waals surface area contributed by atoms with Crippen molar-refractivity contribution in [3.05, 3.63) is 57.6 Å². The summed E-state index contributed by atoms with van der Waals surface area (Å²) in [7, 11) is 1.50. The zero-order chi connectivity index (χ0) is 14.5. The van der Waals surface area contributed by atoms with Crippen molar-refractivity contribution < 1.29 is 9.84 Å². The number of nitrogens with zero attached hydrogens (tertiary/aromatic N) is 1. The summed E-state index contributed by atoms with van der Waals surface area (Å²) in [4.78, 5) is 4.27. The maximum absolute atomic E-state index is 9.92. The summed E-state index contributed by atoms with van der Waals surface area (Å²) in [6, 6.07) is 10.5. The Morgan fingerprint density at radius 3 is 2.75 bits per heavy atom. The molecule has 5 heteroatoms. The van der Waals surface area contributed by atoms with Crippen LogP contribution in [0.1, 0.15) is 11.1 Å². The predicted octanol–water partition coefficient (Wildman–Crippen LogP) is 4.33. The third kappa shape index (κ3) is 3.44. The van der Waals surface area contributed by atoms with Crippen LogP contribution in [-0.2, 0) is 6.54 Å². The number of ether oxygens (including phenoxy) is 1. The molecule has 0 aliphatic carbocycles. The quantitative estimate of drug-likeness (QED) is 0.854. The minimum absolute atomic E-state index is 0.0703. The van der Waals surface area contributed by atoms with Gasteiger partial charge in [0.15, 0.2) is 11.5 Å². The monoisotopic (exact) mass is 309 g/mol. The third-order valence-corrected chi connectivity index (χ3v) is 3.34. The summed E-state index contributed by atoms with van der Waals surface area (Å²) < 4.78 is 5.04. The first-order valence-electron chi connectivity index (χ1n) is 5.91. The average Bonchev–Trinajstić information content (AvgIpc) is 2.43. The fourth-order valence-electron chi connectivity index (χ4n) is 1.70. The molecule has 0 spiro atoms. The summed E-state index contributed by atoms with van der Waals surface area (Å²) >= 11 is 11.9. The van der Waals surface area contributed by atoms with Crippen molar-refractivity contribution in [3.8, 4) is 11.5 Å². The van der Waals surface area contributed by atoms with Crippen LogP contribution in [0.15, 0.2) is 41.4 Å². The topological polar surface area (TPSA) is 41.8 Å². The van der Waals surface area contributed by atoms with Gasteiger partial charge in [-0.15, -0.1) is 0 Å². The highest BCUT2D eigenvalue weighted by molar-refractivity contribution is 6.35. The van der Waals surface area contributed by atoms with Gasteiger partial charge in [0, 0.05) is 21.8 Å². The van der Waals surface area contributed by atoms with Gasteiger partial charge in [0.2, 0.25) is 0 Å². The summed E-state index contributed by atoms with van der Waals surface area (Å²) in [6.45, 7) is 0.409. The number of aromatic hydroxyl groups is 1. The number of phenolic OH excluding ortho intramolecular Hbond substituents is 1. The van der Waals surface area contributed by atoms with Crippen LogP contribution in [0.3, 0.4) is 0 Å². The number of methoxy groups -OCH3 is 1. The van der Waals surface area contributed by atoms with Gasteiger partial charge in [-0.2, -0.15) is 0 Å². The number of aliphatic imine (C=N–C) groups is 1. The molecule has 0 bridgehead atoms. The fourth-order valence-corrected chi connectivity index (χ4v) is 2.17. The van der Waals surface area contributed by atoms with Gasteiger partial charge in [-0.3, -0.25) is 4.99 Å². The minimum Gasteiger partial charge on any atom is -0.504 e. The van der Waals surface area contributed by atoms with E-state index < -0.39 is 0 Å². The van der Waals surface area contributed by atoms with Crippen LogP contribution in [0, 0.1) is 0 Å². The molecular weight excluding hydrogens is 297 g/mol. The lowest BCUT2D eigenvalue weighted by Crippen LogP contribution is -1.89. The lowest BCUT2D eigenvalue weighted by Gasteiger charge is -2.05. The van der Waals surface area contributed by atoms with Gasteiger partial charge in [-0.25, -0.2) is 0 Å². The summed E-state index contributed by atoms with van der Waals surface area (Å²) in [5.74, 6) is 0.486. The van der Waals surface area contributed by atoms with E-state index in [1.54, 1.807) is 36.5 Å². The molecule has 2 aromatic carbocycles. The SMILES string of the molecule is COc1cccc(C=NCc2ccc(Cl)cc2Cl)c1O. The molecule has 0 saturated heterocycles. The second-order valence-electron chi connectivity index (χ2n) is 4.10. The zero-order valence-corrected chi connectivity index (χ0v) is 12.3. The molecule has 0 fully saturated rings. The van der Waals surface area contributed by atoms with Gasteiger partial charge in [0.25, 0.3) is 0 Å². The van der Waals surface area contributed by atoms with Gasteiger partial charge >= 0.3 is 0 Å². The molecule has 0 aliphatic rings. The molecule has 0 atom stereocenters.